The standard InChI is InChI=1S/C19H18Cl2N4.HI/c1-22-19(24-11-14-6-7-15(20)10-17(14)21)25-12-18-16-5-3-2-4-13(16)8-9-23-18;/h2-10H,11-12H2,1H3,(H2,22,24,25);1H. The molecule has 0 saturated carbocycles. The molecule has 0 saturated heterocycles. The van der Waals surface area contributed by atoms with Crippen molar-refractivity contribution in [3.8, 4) is 0 Å². The minimum absolute atomic E-state index is 0. The number of nitrogens with one attached hydrogen (secondary N) is 2. The van der Waals surface area contributed by atoms with Crippen molar-refractivity contribution in [3.63, 3.8) is 0 Å². The summed E-state index contributed by atoms with van der Waals surface area (Å²) in [5, 5.41) is 10.1. The lowest BCUT2D eigenvalue weighted by Crippen LogP contribution is -2.36. The minimum atomic E-state index is 0. The van der Waals surface area contributed by atoms with Gasteiger partial charge in [-0.15, -0.1) is 24.0 Å². The van der Waals surface area contributed by atoms with Crippen LogP contribution in [0, 0.1) is 0 Å². The Bertz CT molecular complexity index is 910. The lowest BCUT2D eigenvalue weighted by Gasteiger charge is -2.13. The minimum Gasteiger partial charge on any atom is -0.352 e. The van der Waals surface area contributed by atoms with Gasteiger partial charge in [-0.05, 0) is 29.1 Å². The Morgan fingerprint density at radius 1 is 1.04 bits per heavy atom. The van der Waals surface area contributed by atoms with E-state index in [4.69, 9.17) is 23.2 Å². The van der Waals surface area contributed by atoms with Crippen molar-refractivity contribution in [1.82, 2.24) is 15.6 Å². The van der Waals surface area contributed by atoms with Gasteiger partial charge in [0.1, 0.15) is 0 Å². The van der Waals surface area contributed by atoms with Crippen LogP contribution in [0.4, 0.5) is 0 Å². The molecule has 1 aromatic heterocycles. The Morgan fingerprint density at radius 2 is 1.81 bits per heavy atom. The van der Waals surface area contributed by atoms with E-state index in [0.717, 1.165) is 16.6 Å². The monoisotopic (exact) mass is 500 g/mol. The summed E-state index contributed by atoms with van der Waals surface area (Å²) in [6, 6.07) is 15.7. The van der Waals surface area contributed by atoms with Gasteiger partial charge in [-0.2, -0.15) is 0 Å². The predicted molar refractivity (Wildman–Crippen MR) is 121 cm³/mol. The van der Waals surface area contributed by atoms with Gasteiger partial charge in [0.15, 0.2) is 5.96 Å². The summed E-state index contributed by atoms with van der Waals surface area (Å²) < 4.78 is 0. The van der Waals surface area contributed by atoms with Gasteiger partial charge in [0, 0.05) is 35.2 Å². The zero-order valence-electron chi connectivity index (χ0n) is 14.2. The molecule has 1 heterocycles. The zero-order chi connectivity index (χ0) is 17.6. The number of hydrogen-bond acceptors (Lipinski definition) is 2. The highest BCUT2D eigenvalue weighted by Gasteiger charge is 2.05. The molecule has 3 aromatic rings. The first-order chi connectivity index (χ1) is 12.2. The summed E-state index contributed by atoms with van der Waals surface area (Å²) in [6.45, 7) is 1.13. The second-order valence-corrected chi connectivity index (χ2v) is 6.34. The number of aliphatic imine (C=N–C) groups is 1. The number of aromatic nitrogens is 1. The van der Waals surface area contributed by atoms with E-state index in [0.29, 0.717) is 29.1 Å². The number of benzene rings is 2. The Hall–Kier alpha value is -1.57. The topological polar surface area (TPSA) is 49.3 Å². The van der Waals surface area contributed by atoms with Crippen molar-refractivity contribution in [3.05, 3.63) is 76.0 Å². The van der Waals surface area contributed by atoms with Crippen molar-refractivity contribution < 1.29 is 0 Å². The molecule has 0 atom stereocenters. The first-order valence-corrected chi connectivity index (χ1v) is 8.64. The van der Waals surface area contributed by atoms with Gasteiger partial charge in [-0.3, -0.25) is 9.98 Å². The molecular weight excluding hydrogens is 482 g/mol. The van der Waals surface area contributed by atoms with Crippen LogP contribution >= 0.6 is 47.2 Å². The summed E-state index contributed by atoms with van der Waals surface area (Å²) in [6.07, 6.45) is 1.82. The maximum atomic E-state index is 6.20. The number of halogens is 3. The van der Waals surface area contributed by atoms with Crippen molar-refractivity contribution in [2.45, 2.75) is 13.1 Å². The van der Waals surface area contributed by atoms with Crippen molar-refractivity contribution in [2.24, 2.45) is 4.99 Å². The van der Waals surface area contributed by atoms with Gasteiger partial charge in [-0.25, -0.2) is 0 Å². The lowest BCUT2D eigenvalue weighted by molar-refractivity contribution is 0.799. The number of rotatable bonds is 4. The van der Waals surface area contributed by atoms with E-state index in [1.807, 2.05) is 36.5 Å². The van der Waals surface area contributed by atoms with Crippen LogP contribution in [0.2, 0.25) is 10.0 Å². The van der Waals surface area contributed by atoms with Crippen molar-refractivity contribution in [2.75, 3.05) is 7.05 Å². The van der Waals surface area contributed by atoms with Crippen LogP contribution in [0.25, 0.3) is 10.8 Å². The molecule has 4 nitrogen and oxygen atoms in total. The third-order valence-corrected chi connectivity index (χ3v) is 4.45. The van der Waals surface area contributed by atoms with Crippen molar-refractivity contribution in [1.29, 1.82) is 0 Å². The van der Waals surface area contributed by atoms with E-state index in [2.05, 4.69) is 32.7 Å². The fraction of sp³-hybridized carbons (Fsp3) is 0.158. The Balaban J connectivity index is 0.00000243. The first kappa shape index (κ1) is 20.7. The van der Waals surface area contributed by atoms with E-state index < -0.39 is 0 Å². The number of nitrogens with zero attached hydrogens (tertiary/aromatic N) is 2. The highest BCUT2D eigenvalue weighted by atomic mass is 127. The molecule has 0 aliphatic heterocycles. The van der Waals surface area contributed by atoms with Gasteiger partial charge in [0.05, 0.1) is 12.2 Å². The Kier molecular flexibility index (Phi) is 7.93. The summed E-state index contributed by atoms with van der Waals surface area (Å²) in [5.41, 5.74) is 1.93. The molecule has 2 N–H and O–H groups in total. The van der Waals surface area contributed by atoms with Gasteiger partial charge in [-0.1, -0.05) is 53.5 Å². The fourth-order valence-corrected chi connectivity index (χ4v) is 3.03. The molecule has 26 heavy (non-hydrogen) atoms. The molecule has 7 heteroatoms. The number of hydrogen-bond donors (Lipinski definition) is 2. The second-order valence-electron chi connectivity index (χ2n) is 5.49. The first-order valence-electron chi connectivity index (χ1n) is 7.88. The average Bonchev–Trinajstić information content (AvgIpc) is 2.63. The van der Waals surface area contributed by atoms with Crippen molar-refractivity contribution >= 4 is 63.9 Å². The molecule has 0 bridgehead atoms. The van der Waals surface area contributed by atoms with Gasteiger partial charge in [0.25, 0.3) is 0 Å². The Labute approximate surface area is 180 Å². The molecule has 2 aromatic carbocycles. The molecule has 136 valence electrons. The van der Waals surface area contributed by atoms with Crippen LogP contribution in [-0.4, -0.2) is 18.0 Å². The molecule has 3 rings (SSSR count). The van der Waals surface area contributed by atoms with Crippen LogP contribution < -0.4 is 10.6 Å². The normalized spacial score (nSPS) is 11.1. The quantitative estimate of drug-likeness (QED) is 0.300. The van der Waals surface area contributed by atoms with Crippen LogP contribution in [0.15, 0.2) is 59.7 Å². The van der Waals surface area contributed by atoms with Gasteiger partial charge < -0.3 is 10.6 Å². The summed E-state index contributed by atoms with van der Waals surface area (Å²) in [7, 11) is 1.73. The fourth-order valence-electron chi connectivity index (χ4n) is 2.56. The molecule has 0 aliphatic carbocycles. The number of fused-ring (bicyclic) bond motifs is 1. The van der Waals surface area contributed by atoms with Gasteiger partial charge in [0.2, 0.25) is 0 Å². The summed E-state index contributed by atoms with van der Waals surface area (Å²) in [5.74, 6) is 0.681. The van der Waals surface area contributed by atoms with Crippen LogP contribution in [0.3, 0.4) is 0 Å². The average molecular weight is 501 g/mol. The maximum absolute atomic E-state index is 6.20. The molecule has 0 radical (unpaired) electrons. The second kappa shape index (κ2) is 9.94. The molecule has 0 amide bonds. The van der Waals surface area contributed by atoms with E-state index in [-0.39, 0.29) is 24.0 Å². The largest absolute Gasteiger partial charge is 0.352 e. The summed E-state index contributed by atoms with van der Waals surface area (Å²) in [4.78, 5) is 8.72. The molecular formula is C19H19Cl2IN4. The maximum Gasteiger partial charge on any atom is 0.191 e. The number of guanidine groups is 1. The highest BCUT2D eigenvalue weighted by molar-refractivity contribution is 14.0. The number of pyridine rings is 1. The Morgan fingerprint density at radius 3 is 2.58 bits per heavy atom. The summed E-state index contributed by atoms with van der Waals surface area (Å²) >= 11 is 12.1. The van der Waals surface area contributed by atoms with Gasteiger partial charge >= 0.3 is 0 Å². The molecule has 0 unspecified atom stereocenters. The molecule has 0 aliphatic rings. The highest BCUT2D eigenvalue weighted by Crippen LogP contribution is 2.20. The predicted octanol–water partition coefficient (Wildman–Crippen LogP) is 5.02. The zero-order valence-corrected chi connectivity index (χ0v) is 18.0. The lowest BCUT2D eigenvalue weighted by atomic mass is 10.1. The molecule has 0 fully saturated rings. The van der Waals surface area contributed by atoms with Crippen LogP contribution in [-0.2, 0) is 13.1 Å². The van der Waals surface area contributed by atoms with E-state index >= 15 is 0 Å². The smallest absolute Gasteiger partial charge is 0.191 e. The van der Waals surface area contributed by atoms with E-state index in [1.165, 1.54) is 5.39 Å². The van der Waals surface area contributed by atoms with E-state index in [1.54, 1.807) is 13.1 Å². The van der Waals surface area contributed by atoms with Crippen LogP contribution in [0.5, 0.6) is 0 Å². The third kappa shape index (κ3) is 5.22. The SMILES string of the molecule is CN=C(NCc1ccc(Cl)cc1Cl)NCc1nccc2ccccc12.I. The third-order valence-electron chi connectivity index (χ3n) is 3.86. The van der Waals surface area contributed by atoms with E-state index in [9.17, 15) is 0 Å². The molecule has 0 spiro atoms. The van der Waals surface area contributed by atoms with Crippen LogP contribution in [0.1, 0.15) is 11.3 Å².